The van der Waals surface area contributed by atoms with Gasteiger partial charge in [0.15, 0.2) is 0 Å². The highest BCUT2D eigenvalue weighted by atomic mass is 16.3. The second-order valence-corrected chi connectivity index (χ2v) is 2.81. The third kappa shape index (κ3) is 3.89. The third-order valence-corrected chi connectivity index (χ3v) is 1.67. The van der Waals surface area contributed by atoms with E-state index in [1.807, 2.05) is 0 Å². The molecule has 0 aliphatic heterocycles. The summed E-state index contributed by atoms with van der Waals surface area (Å²) in [5.41, 5.74) is 6.55. The van der Waals surface area contributed by atoms with Gasteiger partial charge in [-0.15, -0.1) is 0 Å². The van der Waals surface area contributed by atoms with Crippen molar-refractivity contribution in [3.8, 4) is 5.75 Å². The molecule has 71 valence electrons. The lowest BCUT2D eigenvalue weighted by atomic mass is 10.1. The zero-order valence-corrected chi connectivity index (χ0v) is 7.22. The summed E-state index contributed by atoms with van der Waals surface area (Å²) in [5.74, 6) is 0.247. The second kappa shape index (κ2) is 5.53. The number of hydrogen-bond donors (Lipinski definition) is 3. The molecule has 0 amide bonds. The summed E-state index contributed by atoms with van der Waals surface area (Å²) < 4.78 is 0. The number of hydrogen-bond acceptors (Lipinski definition) is 3. The average Bonchev–Trinajstić information content (AvgIpc) is 2.09. The third-order valence-electron chi connectivity index (χ3n) is 1.67. The van der Waals surface area contributed by atoms with Gasteiger partial charge in [0.1, 0.15) is 5.75 Å². The minimum Gasteiger partial charge on any atom is -0.508 e. The van der Waals surface area contributed by atoms with E-state index in [4.69, 9.17) is 15.9 Å². The van der Waals surface area contributed by atoms with Crippen LogP contribution in [0, 0.1) is 0 Å². The van der Waals surface area contributed by atoms with Crippen molar-refractivity contribution in [1.29, 1.82) is 0 Å². The largest absolute Gasteiger partial charge is 0.508 e. The Hall–Kier alpha value is -1.10. The minimum atomic E-state index is -0.213. The van der Waals surface area contributed by atoms with Crippen LogP contribution in [-0.2, 0) is 6.42 Å². The van der Waals surface area contributed by atoms with Gasteiger partial charge in [0.05, 0.1) is 6.61 Å². The molecule has 1 aromatic carbocycles. The van der Waals surface area contributed by atoms with Crippen molar-refractivity contribution in [3.63, 3.8) is 0 Å². The molecule has 0 bridgehead atoms. The van der Waals surface area contributed by atoms with Crippen molar-refractivity contribution in [2.45, 2.75) is 12.5 Å². The Kier molecular flexibility index (Phi) is 5.06. The molecule has 1 rings (SSSR count). The first-order valence-electron chi connectivity index (χ1n) is 3.86. The molecule has 0 spiro atoms. The van der Waals surface area contributed by atoms with E-state index in [2.05, 4.69) is 0 Å². The lowest BCUT2D eigenvalue weighted by Gasteiger charge is -2.07. The summed E-state index contributed by atoms with van der Waals surface area (Å²) in [6.07, 6.45) is 0.636. The van der Waals surface area contributed by atoms with E-state index in [0.29, 0.717) is 6.42 Å². The van der Waals surface area contributed by atoms with E-state index in [-0.39, 0.29) is 24.5 Å². The quantitative estimate of drug-likeness (QED) is 0.601. The molecule has 4 heteroatoms. The molecule has 0 aliphatic rings. The first kappa shape index (κ1) is 11.9. The molecule has 13 heavy (non-hydrogen) atoms. The monoisotopic (exact) mass is 181 g/mol. The highest BCUT2D eigenvalue weighted by molar-refractivity contribution is 5.26. The Morgan fingerprint density at radius 1 is 1.23 bits per heavy atom. The fraction of sp³-hybridized carbons (Fsp3) is 0.333. The first-order chi connectivity index (χ1) is 5.72. The number of phenols is 1. The Morgan fingerprint density at radius 3 is 2.23 bits per heavy atom. The van der Waals surface area contributed by atoms with Gasteiger partial charge in [-0.2, -0.15) is 0 Å². The summed E-state index contributed by atoms with van der Waals surface area (Å²) in [5, 5.41) is 17.6. The van der Waals surface area contributed by atoms with Crippen molar-refractivity contribution >= 4 is 0 Å². The standard InChI is InChI=1S/C9H13NO2.N/c10-8(6-11)5-7-1-3-9(12)4-2-7;/h1-4,8,11-12H,5-6,10H2;/t8-;/m0./s1. The molecule has 0 fully saturated rings. The number of benzene rings is 1. The van der Waals surface area contributed by atoms with Gasteiger partial charge >= 0.3 is 0 Å². The smallest absolute Gasteiger partial charge is 0.115 e. The van der Waals surface area contributed by atoms with Crippen LogP contribution >= 0.6 is 0 Å². The lowest BCUT2D eigenvalue weighted by Crippen LogP contribution is -2.26. The van der Waals surface area contributed by atoms with Crippen molar-refractivity contribution in [2.75, 3.05) is 6.61 Å². The van der Waals surface area contributed by atoms with E-state index >= 15 is 0 Å². The van der Waals surface area contributed by atoms with Crippen LogP contribution in [0.25, 0.3) is 0 Å². The lowest BCUT2D eigenvalue weighted by molar-refractivity contribution is 0.265. The number of nitrogens with zero attached hydrogens (tertiary/aromatic N) is 1. The number of phenolic OH excluding ortho intramolecular Hbond substituents is 1. The first-order valence-corrected chi connectivity index (χ1v) is 3.86. The molecule has 4 N–H and O–H groups in total. The summed E-state index contributed by atoms with van der Waals surface area (Å²) in [6, 6.07) is 6.60. The van der Waals surface area contributed by atoms with E-state index in [1.165, 1.54) is 0 Å². The highest BCUT2D eigenvalue weighted by Crippen LogP contribution is 2.10. The maximum absolute atomic E-state index is 8.97. The molecule has 1 aromatic rings. The predicted octanol–water partition coefficient (Wildman–Crippen LogP) is -0.226. The van der Waals surface area contributed by atoms with Crippen molar-refractivity contribution < 1.29 is 10.2 Å². The van der Waals surface area contributed by atoms with Crippen molar-refractivity contribution in [3.05, 3.63) is 29.8 Å². The molecule has 4 nitrogen and oxygen atoms in total. The number of nitrogens with two attached hydrogens (primary N) is 1. The molecule has 1 atom stereocenters. The van der Waals surface area contributed by atoms with Gasteiger partial charge in [-0.25, -0.2) is 0 Å². The average molecular weight is 181 g/mol. The Morgan fingerprint density at radius 2 is 1.77 bits per heavy atom. The second-order valence-electron chi connectivity index (χ2n) is 2.81. The number of aliphatic hydroxyl groups is 1. The van der Waals surface area contributed by atoms with E-state index in [9.17, 15) is 0 Å². The summed E-state index contributed by atoms with van der Waals surface area (Å²) in [4.78, 5) is 0. The summed E-state index contributed by atoms with van der Waals surface area (Å²) in [6.45, 7) is -0.0130. The molecular formula is C9H13N2O2. The van der Waals surface area contributed by atoms with Crippen LogP contribution in [0.1, 0.15) is 5.56 Å². The van der Waals surface area contributed by atoms with E-state index < -0.39 is 0 Å². The SMILES string of the molecule is N[C@H](CO)Cc1ccc(O)cc1.[N]. The Balaban J connectivity index is 0.00000144. The van der Waals surface area contributed by atoms with Gasteiger partial charge in [0.2, 0.25) is 0 Å². The van der Waals surface area contributed by atoms with Crippen LogP contribution in [-0.4, -0.2) is 22.9 Å². The van der Waals surface area contributed by atoms with Crippen LogP contribution < -0.4 is 11.9 Å². The molecule has 0 heterocycles. The molecule has 0 saturated carbocycles. The number of aromatic hydroxyl groups is 1. The van der Waals surface area contributed by atoms with Crippen LogP contribution in [0.3, 0.4) is 0 Å². The van der Waals surface area contributed by atoms with E-state index in [1.54, 1.807) is 24.3 Å². The predicted molar refractivity (Wildman–Crippen MR) is 49.0 cm³/mol. The summed E-state index contributed by atoms with van der Waals surface area (Å²) >= 11 is 0. The maximum atomic E-state index is 8.97. The Labute approximate surface area is 77.6 Å². The fourth-order valence-corrected chi connectivity index (χ4v) is 0.999. The van der Waals surface area contributed by atoms with Gasteiger partial charge in [0.25, 0.3) is 0 Å². The Bertz CT molecular complexity index is 236. The maximum Gasteiger partial charge on any atom is 0.115 e. The molecule has 0 unspecified atom stereocenters. The molecule has 0 saturated heterocycles. The van der Waals surface area contributed by atoms with Gasteiger partial charge in [-0.1, -0.05) is 12.1 Å². The molecule has 0 aliphatic carbocycles. The molecular weight excluding hydrogens is 168 g/mol. The van der Waals surface area contributed by atoms with Gasteiger partial charge in [-0.05, 0) is 24.1 Å². The van der Waals surface area contributed by atoms with Gasteiger partial charge < -0.3 is 15.9 Å². The highest BCUT2D eigenvalue weighted by Gasteiger charge is 2.01. The topological polar surface area (TPSA) is 97.0 Å². The number of rotatable bonds is 3. The van der Waals surface area contributed by atoms with E-state index in [0.717, 1.165) is 5.56 Å². The molecule has 3 radical (unpaired) electrons. The van der Waals surface area contributed by atoms with Crippen LogP contribution in [0.5, 0.6) is 5.75 Å². The fourth-order valence-electron chi connectivity index (χ4n) is 0.999. The summed E-state index contributed by atoms with van der Waals surface area (Å²) in [7, 11) is 0. The number of aliphatic hydroxyl groups excluding tert-OH is 1. The van der Waals surface area contributed by atoms with Gasteiger partial charge in [-0.3, -0.25) is 0 Å². The van der Waals surface area contributed by atoms with Crippen molar-refractivity contribution in [1.82, 2.24) is 6.15 Å². The normalized spacial score (nSPS) is 11.8. The van der Waals surface area contributed by atoms with Crippen LogP contribution in [0.15, 0.2) is 24.3 Å². The minimum absolute atomic E-state index is 0. The van der Waals surface area contributed by atoms with Crippen LogP contribution in [0.2, 0.25) is 0 Å². The zero-order valence-electron chi connectivity index (χ0n) is 7.22. The van der Waals surface area contributed by atoms with Crippen molar-refractivity contribution in [2.24, 2.45) is 5.73 Å². The zero-order chi connectivity index (χ0) is 8.97. The van der Waals surface area contributed by atoms with Crippen LogP contribution in [0.4, 0.5) is 0 Å². The van der Waals surface area contributed by atoms with Gasteiger partial charge in [0, 0.05) is 12.2 Å². The molecule has 0 aromatic heterocycles.